The molecule has 3 nitrogen and oxygen atoms in total. The summed E-state index contributed by atoms with van der Waals surface area (Å²) in [5.41, 5.74) is 0. The molecule has 3 heteroatoms. The molecule has 1 atom stereocenters. The molecule has 1 amide bonds. The second-order valence-corrected chi connectivity index (χ2v) is 5.65. The second kappa shape index (κ2) is 7.00. The zero-order valence-corrected chi connectivity index (χ0v) is 10.8. The summed E-state index contributed by atoms with van der Waals surface area (Å²) in [6.07, 6.45) is 9.90. The molecule has 0 bridgehead atoms. The Morgan fingerprint density at radius 1 is 1.06 bits per heavy atom. The highest BCUT2D eigenvalue weighted by Gasteiger charge is 2.21. The third kappa shape index (κ3) is 4.30. The Hall–Kier alpha value is -0.570. The van der Waals surface area contributed by atoms with E-state index in [9.17, 15) is 4.79 Å². The fraction of sp³-hybridized carbons (Fsp3) is 0.929. The Kier molecular flexibility index (Phi) is 5.30. The largest absolute Gasteiger partial charge is 0.356 e. The van der Waals surface area contributed by atoms with Crippen LogP contribution in [0.1, 0.15) is 51.4 Å². The van der Waals surface area contributed by atoms with Crippen molar-refractivity contribution in [3.63, 3.8) is 0 Å². The third-order valence-electron chi connectivity index (χ3n) is 4.20. The molecule has 1 unspecified atom stereocenters. The van der Waals surface area contributed by atoms with Crippen molar-refractivity contribution in [2.75, 3.05) is 19.6 Å². The van der Waals surface area contributed by atoms with Gasteiger partial charge < -0.3 is 10.6 Å². The van der Waals surface area contributed by atoms with Gasteiger partial charge in [-0.25, -0.2) is 0 Å². The highest BCUT2D eigenvalue weighted by Crippen LogP contribution is 2.22. The molecule has 1 saturated carbocycles. The van der Waals surface area contributed by atoms with Crippen molar-refractivity contribution in [1.82, 2.24) is 10.6 Å². The van der Waals surface area contributed by atoms with E-state index in [1.807, 2.05) is 0 Å². The summed E-state index contributed by atoms with van der Waals surface area (Å²) in [6, 6.07) is 0. The summed E-state index contributed by atoms with van der Waals surface area (Å²) in [4.78, 5) is 12.1. The highest BCUT2D eigenvalue weighted by molar-refractivity contribution is 5.78. The molecule has 98 valence electrons. The lowest BCUT2D eigenvalue weighted by molar-refractivity contribution is -0.125. The maximum atomic E-state index is 12.1. The average Bonchev–Trinajstić information content (AvgIpc) is 2.78. The zero-order chi connectivity index (χ0) is 11.9. The predicted molar refractivity (Wildman–Crippen MR) is 69.8 cm³/mol. The first-order valence-corrected chi connectivity index (χ1v) is 7.34. The van der Waals surface area contributed by atoms with Crippen molar-refractivity contribution in [3.05, 3.63) is 0 Å². The SMILES string of the molecule is O=C(NCC1CCNC1)C1CCCCCCC1. The van der Waals surface area contributed by atoms with Gasteiger partial charge in [0.05, 0.1) is 0 Å². The molecule has 0 aromatic carbocycles. The molecule has 2 fully saturated rings. The average molecular weight is 238 g/mol. The number of carbonyl (C=O) groups excluding carboxylic acids is 1. The molecule has 0 spiro atoms. The van der Waals surface area contributed by atoms with Crippen LogP contribution >= 0.6 is 0 Å². The number of nitrogens with one attached hydrogen (secondary N) is 2. The van der Waals surface area contributed by atoms with Gasteiger partial charge in [0, 0.05) is 12.5 Å². The first kappa shape index (κ1) is 12.9. The van der Waals surface area contributed by atoms with Gasteiger partial charge in [-0.1, -0.05) is 32.1 Å². The topological polar surface area (TPSA) is 41.1 Å². The van der Waals surface area contributed by atoms with Gasteiger partial charge in [-0.05, 0) is 38.3 Å². The standard InChI is InChI=1S/C14H26N2O/c17-14(16-11-12-8-9-15-10-12)13-6-4-2-1-3-5-7-13/h12-13,15H,1-11H2,(H,16,17). The molecule has 2 aliphatic rings. The zero-order valence-electron chi connectivity index (χ0n) is 10.8. The fourth-order valence-electron chi connectivity index (χ4n) is 3.00. The number of rotatable bonds is 3. The normalized spacial score (nSPS) is 27.4. The van der Waals surface area contributed by atoms with Crippen molar-refractivity contribution < 1.29 is 4.79 Å². The van der Waals surface area contributed by atoms with E-state index < -0.39 is 0 Å². The summed E-state index contributed by atoms with van der Waals surface area (Å²) in [6.45, 7) is 3.07. The van der Waals surface area contributed by atoms with E-state index in [1.165, 1.54) is 38.5 Å². The fourth-order valence-corrected chi connectivity index (χ4v) is 3.00. The second-order valence-electron chi connectivity index (χ2n) is 5.65. The van der Waals surface area contributed by atoms with Gasteiger partial charge in [-0.15, -0.1) is 0 Å². The number of hydrogen-bond donors (Lipinski definition) is 2. The highest BCUT2D eigenvalue weighted by atomic mass is 16.1. The third-order valence-corrected chi connectivity index (χ3v) is 4.20. The van der Waals surface area contributed by atoms with Crippen LogP contribution in [0.2, 0.25) is 0 Å². The van der Waals surface area contributed by atoms with Crippen LogP contribution in [0.25, 0.3) is 0 Å². The van der Waals surface area contributed by atoms with Crippen molar-refractivity contribution in [1.29, 1.82) is 0 Å². The van der Waals surface area contributed by atoms with E-state index in [0.29, 0.717) is 17.7 Å². The summed E-state index contributed by atoms with van der Waals surface area (Å²) in [7, 11) is 0. The van der Waals surface area contributed by atoms with Gasteiger partial charge in [0.15, 0.2) is 0 Å². The van der Waals surface area contributed by atoms with Crippen LogP contribution in [-0.2, 0) is 4.79 Å². The summed E-state index contributed by atoms with van der Waals surface area (Å²) in [5, 5.41) is 6.51. The van der Waals surface area contributed by atoms with Gasteiger partial charge in [-0.2, -0.15) is 0 Å². The minimum Gasteiger partial charge on any atom is -0.356 e. The summed E-state index contributed by atoms with van der Waals surface area (Å²) < 4.78 is 0. The van der Waals surface area contributed by atoms with Crippen molar-refractivity contribution in [3.8, 4) is 0 Å². The quantitative estimate of drug-likeness (QED) is 0.790. The van der Waals surface area contributed by atoms with E-state index in [1.54, 1.807) is 0 Å². The Morgan fingerprint density at radius 3 is 2.41 bits per heavy atom. The lowest BCUT2D eigenvalue weighted by Gasteiger charge is -2.20. The number of hydrogen-bond acceptors (Lipinski definition) is 2. The monoisotopic (exact) mass is 238 g/mol. The molecule has 2 rings (SSSR count). The molecule has 1 saturated heterocycles. The molecule has 17 heavy (non-hydrogen) atoms. The molecule has 0 radical (unpaired) electrons. The lowest BCUT2D eigenvalue weighted by atomic mass is 9.90. The smallest absolute Gasteiger partial charge is 0.223 e. The van der Waals surface area contributed by atoms with E-state index >= 15 is 0 Å². The molecule has 0 aromatic heterocycles. The van der Waals surface area contributed by atoms with Crippen LogP contribution in [0.4, 0.5) is 0 Å². The number of carbonyl (C=O) groups is 1. The van der Waals surface area contributed by atoms with Crippen LogP contribution in [0.3, 0.4) is 0 Å². The van der Waals surface area contributed by atoms with Gasteiger partial charge in [0.2, 0.25) is 5.91 Å². The lowest BCUT2D eigenvalue weighted by Crippen LogP contribution is -2.35. The van der Waals surface area contributed by atoms with Crippen LogP contribution in [0.15, 0.2) is 0 Å². The molecule has 0 aromatic rings. The Labute approximate surface area is 105 Å². The van der Waals surface area contributed by atoms with E-state index in [-0.39, 0.29) is 0 Å². The van der Waals surface area contributed by atoms with Gasteiger partial charge in [-0.3, -0.25) is 4.79 Å². The van der Waals surface area contributed by atoms with Gasteiger partial charge in [0.25, 0.3) is 0 Å². The molecular formula is C14H26N2O. The Morgan fingerprint density at radius 2 is 1.76 bits per heavy atom. The maximum Gasteiger partial charge on any atom is 0.223 e. The molecule has 1 heterocycles. The Balaban J connectivity index is 1.69. The van der Waals surface area contributed by atoms with Gasteiger partial charge in [0.1, 0.15) is 0 Å². The van der Waals surface area contributed by atoms with Gasteiger partial charge >= 0.3 is 0 Å². The summed E-state index contributed by atoms with van der Waals surface area (Å²) in [5.74, 6) is 1.27. The summed E-state index contributed by atoms with van der Waals surface area (Å²) >= 11 is 0. The first-order valence-electron chi connectivity index (χ1n) is 7.34. The maximum absolute atomic E-state index is 12.1. The molecule has 2 N–H and O–H groups in total. The van der Waals surface area contributed by atoms with Crippen molar-refractivity contribution in [2.45, 2.75) is 51.4 Å². The minimum atomic E-state index is 0.296. The van der Waals surface area contributed by atoms with E-state index in [4.69, 9.17) is 0 Å². The molecule has 1 aliphatic carbocycles. The number of amides is 1. The predicted octanol–water partition coefficient (Wildman–Crippen LogP) is 2.07. The Bertz CT molecular complexity index is 228. The minimum absolute atomic E-state index is 0.296. The van der Waals surface area contributed by atoms with Crippen LogP contribution in [0.5, 0.6) is 0 Å². The van der Waals surface area contributed by atoms with Crippen molar-refractivity contribution >= 4 is 5.91 Å². The van der Waals surface area contributed by atoms with Crippen LogP contribution in [0, 0.1) is 11.8 Å². The van der Waals surface area contributed by atoms with E-state index in [0.717, 1.165) is 32.5 Å². The van der Waals surface area contributed by atoms with Crippen molar-refractivity contribution in [2.24, 2.45) is 11.8 Å². The van der Waals surface area contributed by atoms with E-state index in [2.05, 4.69) is 10.6 Å². The molecular weight excluding hydrogens is 212 g/mol. The van der Waals surface area contributed by atoms with Crippen LogP contribution < -0.4 is 10.6 Å². The van der Waals surface area contributed by atoms with Crippen LogP contribution in [-0.4, -0.2) is 25.5 Å². The first-order chi connectivity index (χ1) is 8.36. The molecule has 1 aliphatic heterocycles.